The number of benzene rings is 2. The largest absolute Gasteiger partial charge is 0.384 e. The average Bonchev–Trinajstić information content (AvgIpc) is 2.84. The van der Waals surface area contributed by atoms with Crippen molar-refractivity contribution in [3.63, 3.8) is 0 Å². The highest BCUT2D eigenvalue weighted by atomic mass is 32.2. The Morgan fingerprint density at radius 3 is 2.56 bits per heavy atom. The summed E-state index contributed by atoms with van der Waals surface area (Å²) >= 11 is 1.13. The Morgan fingerprint density at radius 2 is 1.91 bits per heavy atom. The average molecular weight is 479 g/mol. The van der Waals surface area contributed by atoms with E-state index in [0.717, 1.165) is 40.3 Å². The van der Waals surface area contributed by atoms with E-state index in [1.165, 1.54) is 10.5 Å². The fraction of sp³-hybridized carbons (Fsp3) is 0.308. The lowest BCUT2D eigenvalue weighted by molar-refractivity contribution is -0.116. The first-order valence-electron chi connectivity index (χ1n) is 11.1. The van der Waals surface area contributed by atoms with E-state index in [-0.39, 0.29) is 11.7 Å². The molecule has 0 fully saturated rings. The predicted molar refractivity (Wildman–Crippen MR) is 137 cm³/mol. The lowest BCUT2D eigenvalue weighted by Gasteiger charge is -2.22. The van der Waals surface area contributed by atoms with E-state index in [2.05, 4.69) is 16.9 Å². The summed E-state index contributed by atoms with van der Waals surface area (Å²) in [5, 5.41) is 1.94. The Morgan fingerprint density at radius 1 is 1.18 bits per heavy atom. The van der Waals surface area contributed by atoms with Crippen LogP contribution >= 0.6 is 11.8 Å². The second kappa shape index (κ2) is 11.8. The number of allylic oxidation sites excluding steroid dienone is 1. The van der Waals surface area contributed by atoms with Gasteiger partial charge < -0.3 is 15.4 Å². The van der Waals surface area contributed by atoms with Gasteiger partial charge in [0, 0.05) is 41.5 Å². The third-order valence-corrected chi connectivity index (χ3v) is 6.84. The number of methoxy groups -OCH3 is 1. The van der Waals surface area contributed by atoms with Crippen LogP contribution in [0.2, 0.25) is 0 Å². The standard InChI is InChI=1S/C26H30N4O3S/c1-5-19-10-11-23(22-9-7-6-8-21(19)22)26(32)34-24(12-13-33-4)17(2)30(16-31)15-20-14-28-18(3)29-25(20)27/h6-11,14,16H,5,12-13,15H2,1-4H3,(H2,27,28,29)/b24-17-. The van der Waals surface area contributed by atoms with Crippen molar-refractivity contribution >= 4 is 39.9 Å². The first-order valence-corrected chi connectivity index (χ1v) is 11.9. The highest BCUT2D eigenvalue weighted by Gasteiger charge is 2.19. The maximum absolute atomic E-state index is 13.4. The zero-order chi connectivity index (χ0) is 24.7. The number of aromatic nitrogens is 2. The van der Waals surface area contributed by atoms with Crippen LogP contribution < -0.4 is 5.73 Å². The molecule has 178 valence electrons. The molecule has 3 aromatic rings. The quantitative estimate of drug-likeness (QED) is 0.415. The Kier molecular flexibility index (Phi) is 8.79. The summed E-state index contributed by atoms with van der Waals surface area (Å²) in [6.07, 6.45) is 3.74. The number of nitrogens with zero attached hydrogens (tertiary/aromatic N) is 3. The molecule has 0 bridgehead atoms. The van der Waals surface area contributed by atoms with E-state index in [4.69, 9.17) is 10.5 Å². The van der Waals surface area contributed by atoms with Crippen LogP contribution in [0.5, 0.6) is 0 Å². The van der Waals surface area contributed by atoms with Crippen molar-refractivity contribution in [3.05, 3.63) is 75.7 Å². The van der Waals surface area contributed by atoms with E-state index in [1.54, 1.807) is 20.2 Å². The van der Waals surface area contributed by atoms with Gasteiger partial charge in [-0.3, -0.25) is 9.59 Å². The van der Waals surface area contributed by atoms with Crippen LogP contribution in [-0.2, 0) is 22.5 Å². The Labute approximate surface area is 204 Å². The van der Waals surface area contributed by atoms with Gasteiger partial charge in [-0.05, 0) is 54.4 Å². The molecule has 34 heavy (non-hydrogen) atoms. The van der Waals surface area contributed by atoms with Crippen LogP contribution in [0, 0.1) is 6.92 Å². The molecule has 0 radical (unpaired) electrons. The minimum atomic E-state index is -0.0756. The van der Waals surface area contributed by atoms with Crippen LogP contribution in [-0.4, -0.2) is 40.1 Å². The molecule has 1 heterocycles. The highest BCUT2D eigenvalue weighted by Crippen LogP contribution is 2.33. The number of nitrogen functional groups attached to an aromatic ring is 1. The summed E-state index contributed by atoms with van der Waals surface area (Å²) in [5.41, 5.74) is 9.18. The van der Waals surface area contributed by atoms with E-state index in [9.17, 15) is 9.59 Å². The molecule has 8 heteroatoms. The van der Waals surface area contributed by atoms with Gasteiger partial charge in [-0.1, -0.05) is 37.3 Å². The number of carbonyl (C=O) groups is 2. The Balaban J connectivity index is 1.95. The SMILES string of the molecule is CCc1ccc(C(=O)S/C(CCOC)=C(/C)N(C=O)Cc2cnc(C)nc2N)c2ccccc12. The second-order valence-corrected chi connectivity index (χ2v) is 8.94. The number of aryl methyl sites for hydroxylation is 2. The zero-order valence-electron chi connectivity index (χ0n) is 20.0. The van der Waals surface area contributed by atoms with Crippen LogP contribution in [0.3, 0.4) is 0 Å². The molecule has 2 N–H and O–H groups in total. The Bertz CT molecular complexity index is 1230. The van der Waals surface area contributed by atoms with Crippen LogP contribution in [0.25, 0.3) is 10.8 Å². The normalized spacial score (nSPS) is 11.9. The third-order valence-electron chi connectivity index (χ3n) is 5.69. The number of nitrogens with two attached hydrogens (primary N) is 1. The third kappa shape index (κ3) is 5.81. The van der Waals surface area contributed by atoms with Crippen LogP contribution in [0.1, 0.15) is 47.6 Å². The van der Waals surface area contributed by atoms with E-state index >= 15 is 0 Å². The predicted octanol–water partition coefficient (Wildman–Crippen LogP) is 4.88. The highest BCUT2D eigenvalue weighted by molar-refractivity contribution is 8.17. The summed E-state index contributed by atoms with van der Waals surface area (Å²) in [6, 6.07) is 11.9. The molecule has 7 nitrogen and oxygen atoms in total. The number of thioether (sulfide) groups is 1. The van der Waals surface area contributed by atoms with Crippen molar-refractivity contribution in [3.8, 4) is 0 Å². The first-order chi connectivity index (χ1) is 16.4. The summed E-state index contributed by atoms with van der Waals surface area (Å²) in [4.78, 5) is 36.1. The molecular weight excluding hydrogens is 448 g/mol. The number of hydrogen-bond donors (Lipinski definition) is 1. The lowest BCUT2D eigenvalue weighted by atomic mass is 9.99. The fourth-order valence-corrected chi connectivity index (χ4v) is 4.69. The van der Waals surface area contributed by atoms with Gasteiger partial charge in [-0.25, -0.2) is 9.97 Å². The lowest BCUT2D eigenvalue weighted by Crippen LogP contribution is -2.22. The molecule has 0 aliphatic heterocycles. The van der Waals surface area contributed by atoms with Gasteiger partial charge in [0.15, 0.2) is 0 Å². The van der Waals surface area contributed by atoms with Crippen molar-refractivity contribution in [1.29, 1.82) is 0 Å². The van der Waals surface area contributed by atoms with Crippen LogP contribution in [0.4, 0.5) is 5.82 Å². The maximum atomic E-state index is 13.4. The summed E-state index contributed by atoms with van der Waals surface area (Å²) in [5.74, 6) is 0.895. The number of fused-ring (bicyclic) bond motifs is 1. The van der Waals surface area contributed by atoms with Gasteiger partial charge in [0.2, 0.25) is 11.5 Å². The summed E-state index contributed by atoms with van der Waals surface area (Å²) < 4.78 is 5.27. The molecule has 2 aromatic carbocycles. The topological polar surface area (TPSA) is 98.4 Å². The van der Waals surface area contributed by atoms with Crippen molar-refractivity contribution in [2.45, 2.75) is 40.2 Å². The van der Waals surface area contributed by atoms with Crippen molar-refractivity contribution in [1.82, 2.24) is 14.9 Å². The second-order valence-electron chi connectivity index (χ2n) is 7.87. The smallest absolute Gasteiger partial charge is 0.224 e. The monoisotopic (exact) mass is 478 g/mol. The Hall–Kier alpha value is -3.23. The molecule has 0 aliphatic rings. The van der Waals surface area contributed by atoms with Gasteiger partial charge in [-0.15, -0.1) is 0 Å². The van der Waals surface area contributed by atoms with Crippen molar-refractivity contribution in [2.75, 3.05) is 19.5 Å². The number of ether oxygens (including phenoxy) is 1. The molecule has 0 saturated heterocycles. The molecule has 0 atom stereocenters. The number of anilines is 1. The molecule has 1 aromatic heterocycles. The first kappa shape index (κ1) is 25.4. The van der Waals surface area contributed by atoms with E-state index < -0.39 is 0 Å². The van der Waals surface area contributed by atoms with Gasteiger partial charge in [0.05, 0.1) is 13.2 Å². The molecule has 0 spiro atoms. The number of hydrogen-bond acceptors (Lipinski definition) is 7. The molecule has 0 unspecified atom stereocenters. The molecule has 1 amide bonds. The van der Waals surface area contributed by atoms with Gasteiger partial charge in [-0.2, -0.15) is 0 Å². The van der Waals surface area contributed by atoms with Gasteiger partial charge >= 0.3 is 0 Å². The molecule has 3 rings (SSSR count). The number of carbonyl (C=O) groups excluding carboxylic acids is 2. The number of rotatable bonds is 10. The van der Waals surface area contributed by atoms with Gasteiger partial charge in [0.1, 0.15) is 11.6 Å². The summed E-state index contributed by atoms with van der Waals surface area (Å²) in [6.45, 7) is 6.31. The summed E-state index contributed by atoms with van der Waals surface area (Å²) in [7, 11) is 1.61. The maximum Gasteiger partial charge on any atom is 0.224 e. The van der Waals surface area contributed by atoms with Crippen LogP contribution in [0.15, 0.2) is 53.2 Å². The van der Waals surface area contributed by atoms with Crippen molar-refractivity contribution < 1.29 is 14.3 Å². The zero-order valence-corrected chi connectivity index (χ0v) is 20.8. The molecule has 0 aliphatic carbocycles. The number of amides is 1. The minimum Gasteiger partial charge on any atom is -0.384 e. The van der Waals surface area contributed by atoms with Crippen molar-refractivity contribution in [2.24, 2.45) is 0 Å². The fourth-order valence-electron chi connectivity index (χ4n) is 3.73. The minimum absolute atomic E-state index is 0.0756. The van der Waals surface area contributed by atoms with E-state index in [0.29, 0.717) is 41.5 Å². The van der Waals surface area contributed by atoms with E-state index in [1.807, 2.05) is 43.3 Å². The van der Waals surface area contributed by atoms with Gasteiger partial charge in [0.25, 0.3) is 0 Å². The molecular formula is C26H30N4O3S. The molecule has 0 saturated carbocycles.